The molecule has 2 N–H and O–H groups in total. The van der Waals surface area contributed by atoms with Crippen LogP contribution in [0.15, 0.2) is 11.6 Å². The van der Waals surface area contributed by atoms with Gasteiger partial charge in [-0.25, -0.2) is 4.79 Å². The second-order valence-corrected chi connectivity index (χ2v) is 7.44. The fraction of sp³-hybridized carbons (Fsp3) is 0.833. The van der Waals surface area contributed by atoms with Crippen LogP contribution in [0.1, 0.15) is 51.9 Å². The number of piperidine rings is 1. The van der Waals surface area contributed by atoms with Crippen molar-refractivity contribution in [3.63, 3.8) is 0 Å². The molecule has 2 aliphatic heterocycles. The van der Waals surface area contributed by atoms with Crippen LogP contribution in [0.2, 0.25) is 0 Å². The van der Waals surface area contributed by atoms with Crippen molar-refractivity contribution >= 4 is 6.03 Å². The van der Waals surface area contributed by atoms with Crippen molar-refractivity contribution in [3.05, 3.63) is 11.6 Å². The molecule has 0 aromatic heterocycles. The van der Waals surface area contributed by atoms with Gasteiger partial charge in [0.25, 0.3) is 0 Å². The van der Waals surface area contributed by atoms with E-state index in [0.717, 1.165) is 64.7 Å². The molecule has 0 radical (unpaired) electrons. The molecule has 2 heterocycles. The summed E-state index contributed by atoms with van der Waals surface area (Å²) in [6, 6.07) is 0.717. The Kier molecular flexibility index (Phi) is 5.59. The Bertz CT molecular complexity index is 444. The standard InChI is InChI=1S/C18H31N3O2/c1-14-5-4-10-21(13-14)18(23)19-15-8-11-20(12-9-15)16-6-2-3-7-17(16)22/h5,15-17,22H,2-4,6-13H2,1H3,(H,19,23)/t16-,17+/m0/s1. The average Bonchev–Trinajstić information content (AvgIpc) is 2.56. The third-order valence-corrected chi connectivity index (χ3v) is 5.64. The van der Waals surface area contributed by atoms with Crippen LogP contribution in [0.4, 0.5) is 4.79 Å². The smallest absolute Gasteiger partial charge is 0.317 e. The number of rotatable bonds is 2. The topological polar surface area (TPSA) is 55.8 Å². The lowest BCUT2D eigenvalue weighted by molar-refractivity contribution is 0.00753. The molecule has 0 aromatic carbocycles. The lowest BCUT2D eigenvalue weighted by atomic mass is 9.89. The van der Waals surface area contributed by atoms with E-state index in [-0.39, 0.29) is 18.2 Å². The number of amides is 2. The summed E-state index contributed by atoms with van der Waals surface area (Å²) < 4.78 is 0. The van der Waals surface area contributed by atoms with Crippen LogP contribution in [0.3, 0.4) is 0 Å². The average molecular weight is 321 g/mol. The molecule has 3 aliphatic rings. The van der Waals surface area contributed by atoms with E-state index < -0.39 is 0 Å². The molecule has 0 aromatic rings. The van der Waals surface area contributed by atoms with E-state index in [2.05, 4.69) is 23.2 Å². The SMILES string of the molecule is CC1=CCCN(C(=O)NC2CCN([C@H]3CCCC[C@H]3O)CC2)C1. The second-order valence-electron chi connectivity index (χ2n) is 7.44. The van der Waals surface area contributed by atoms with Gasteiger partial charge >= 0.3 is 6.03 Å². The van der Waals surface area contributed by atoms with Gasteiger partial charge in [-0.05, 0) is 39.0 Å². The van der Waals surface area contributed by atoms with Crippen LogP contribution in [0.5, 0.6) is 0 Å². The zero-order valence-electron chi connectivity index (χ0n) is 14.3. The van der Waals surface area contributed by atoms with Gasteiger partial charge in [0.05, 0.1) is 6.10 Å². The van der Waals surface area contributed by atoms with Crippen molar-refractivity contribution < 1.29 is 9.90 Å². The number of carbonyl (C=O) groups excluding carboxylic acids is 1. The minimum absolute atomic E-state index is 0.0913. The first-order chi connectivity index (χ1) is 11.1. The molecular weight excluding hydrogens is 290 g/mol. The summed E-state index contributed by atoms with van der Waals surface area (Å²) >= 11 is 0. The normalized spacial score (nSPS) is 30.9. The highest BCUT2D eigenvalue weighted by atomic mass is 16.3. The Morgan fingerprint density at radius 1 is 1.17 bits per heavy atom. The Morgan fingerprint density at radius 3 is 2.61 bits per heavy atom. The van der Waals surface area contributed by atoms with Crippen LogP contribution >= 0.6 is 0 Å². The Labute approximate surface area is 139 Å². The summed E-state index contributed by atoms with van der Waals surface area (Å²) in [6.07, 6.45) is 9.50. The van der Waals surface area contributed by atoms with Crippen molar-refractivity contribution in [3.8, 4) is 0 Å². The summed E-state index contributed by atoms with van der Waals surface area (Å²) in [6.45, 7) is 5.67. The number of nitrogens with one attached hydrogen (secondary N) is 1. The lowest BCUT2D eigenvalue weighted by Crippen LogP contribution is -2.54. The molecular formula is C18H31N3O2. The van der Waals surface area contributed by atoms with Gasteiger partial charge in [0, 0.05) is 38.3 Å². The minimum Gasteiger partial charge on any atom is -0.391 e. The van der Waals surface area contributed by atoms with Gasteiger partial charge in [0.15, 0.2) is 0 Å². The van der Waals surface area contributed by atoms with Crippen LogP contribution in [-0.2, 0) is 0 Å². The molecule has 2 fully saturated rings. The van der Waals surface area contributed by atoms with E-state index in [0.29, 0.717) is 6.04 Å². The fourth-order valence-corrected chi connectivity index (χ4v) is 4.24. The third kappa shape index (κ3) is 4.27. The molecule has 5 nitrogen and oxygen atoms in total. The number of urea groups is 1. The second kappa shape index (κ2) is 7.67. The summed E-state index contributed by atoms with van der Waals surface area (Å²) in [5.41, 5.74) is 1.28. The number of likely N-dealkylation sites (tertiary alicyclic amines) is 1. The molecule has 2 atom stereocenters. The molecule has 2 amide bonds. The first-order valence-electron chi connectivity index (χ1n) is 9.26. The van der Waals surface area contributed by atoms with Crippen molar-refractivity contribution in [2.75, 3.05) is 26.2 Å². The molecule has 130 valence electrons. The summed E-state index contributed by atoms with van der Waals surface area (Å²) in [4.78, 5) is 16.7. The predicted molar refractivity (Wildman–Crippen MR) is 91.3 cm³/mol. The first-order valence-corrected chi connectivity index (χ1v) is 9.26. The fourth-order valence-electron chi connectivity index (χ4n) is 4.24. The highest BCUT2D eigenvalue weighted by molar-refractivity contribution is 5.75. The van der Waals surface area contributed by atoms with Gasteiger partial charge in [-0.3, -0.25) is 4.90 Å². The number of nitrogens with zero attached hydrogens (tertiary/aromatic N) is 2. The van der Waals surface area contributed by atoms with Gasteiger partial charge in [-0.2, -0.15) is 0 Å². The van der Waals surface area contributed by atoms with Gasteiger partial charge < -0.3 is 15.3 Å². The van der Waals surface area contributed by atoms with Crippen molar-refractivity contribution in [2.45, 2.75) is 70.1 Å². The number of aliphatic hydroxyl groups excluding tert-OH is 1. The van der Waals surface area contributed by atoms with Crippen LogP contribution in [0.25, 0.3) is 0 Å². The van der Waals surface area contributed by atoms with E-state index in [1.807, 2.05) is 4.90 Å². The lowest BCUT2D eigenvalue weighted by Gasteiger charge is -2.42. The van der Waals surface area contributed by atoms with Gasteiger partial charge in [-0.15, -0.1) is 0 Å². The maximum absolute atomic E-state index is 12.4. The monoisotopic (exact) mass is 321 g/mol. The summed E-state index contributed by atoms with van der Waals surface area (Å²) in [5.74, 6) is 0. The Balaban J connectivity index is 1.44. The molecule has 0 unspecified atom stereocenters. The number of carbonyl (C=O) groups is 1. The molecule has 5 heteroatoms. The molecule has 0 bridgehead atoms. The molecule has 1 saturated carbocycles. The van der Waals surface area contributed by atoms with Crippen molar-refractivity contribution in [1.29, 1.82) is 0 Å². The van der Waals surface area contributed by atoms with Gasteiger partial charge in [0.1, 0.15) is 0 Å². The van der Waals surface area contributed by atoms with E-state index in [1.54, 1.807) is 0 Å². The van der Waals surface area contributed by atoms with E-state index in [9.17, 15) is 9.90 Å². The van der Waals surface area contributed by atoms with Crippen LogP contribution in [0, 0.1) is 0 Å². The van der Waals surface area contributed by atoms with E-state index >= 15 is 0 Å². The quantitative estimate of drug-likeness (QED) is 0.766. The van der Waals surface area contributed by atoms with Crippen LogP contribution in [-0.4, -0.2) is 65.3 Å². The minimum atomic E-state index is -0.155. The van der Waals surface area contributed by atoms with E-state index in [4.69, 9.17) is 0 Å². The largest absolute Gasteiger partial charge is 0.391 e. The van der Waals surface area contributed by atoms with E-state index in [1.165, 1.54) is 12.0 Å². The van der Waals surface area contributed by atoms with Gasteiger partial charge in [0.2, 0.25) is 0 Å². The first kappa shape index (κ1) is 16.8. The third-order valence-electron chi connectivity index (χ3n) is 5.64. The molecule has 1 aliphatic carbocycles. The van der Waals surface area contributed by atoms with Crippen LogP contribution < -0.4 is 5.32 Å². The zero-order chi connectivity index (χ0) is 16.2. The van der Waals surface area contributed by atoms with Crippen molar-refractivity contribution in [1.82, 2.24) is 15.1 Å². The Hall–Kier alpha value is -1.07. The number of aliphatic hydroxyl groups is 1. The molecule has 23 heavy (non-hydrogen) atoms. The molecule has 0 spiro atoms. The Morgan fingerprint density at radius 2 is 1.91 bits per heavy atom. The van der Waals surface area contributed by atoms with Gasteiger partial charge in [-0.1, -0.05) is 24.5 Å². The zero-order valence-corrected chi connectivity index (χ0v) is 14.3. The maximum atomic E-state index is 12.4. The van der Waals surface area contributed by atoms with Crippen molar-refractivity contribution in [2.24, 2.45) is 0 Å². The number of hydrogen-bond donors (Lipinski definition) is 2. The summed E-state index contributed by atoms with van der Waals surface area (Å²) in [7, 11) is 0. The highest BCUT2D eigenvalue weighted by Crippen LogP contribution is 2.26. The predicted octanol–water partition coefficient (Wildman–Crippen LogP) is 2.12. The highest BCUT2D eigenvalue weighted by Gasteiger charge is 2.32. The molecule has 1 saturated heterocycles. The molecule has 3 rings (SSSR count). The summed E-state index contributed by atoms with van der Waals surface area (Å²) in [5, 5.41) is 13.4. The number of hydrogen-bond acceptors (Lipinski definition) is 3. The maximum Gasteiger partial charge on any atom is 0.317 e.